The van der Waals surface area contributed by atoms with E-state index >= 15 is 0 Å². The topological polar surface area (TPSA) is 69.7 Å². The van der Waals surface area contributed by atoms with Crippen molar-refractivity contribution in [2.24, 2.45) is 5.41 Å². The van der Waals surface area contributed by atoms with Crippen LogP contribution in [0, 0.1) is 5.41 Å². The summed E-state index contributed by atoms with van der Waals surface area (Å²) in [5.74, 6) is -0.395. The van der Waals surface area contributed by atoms with Crippen molar-refractivity contribution in [1.82, 2.24) is 0 Å². The number of halogens is 3. The number of hydrogen-bond donors (Lipinski definition) is 0. The van der Waals surface area contributed by atoms with E-state index in [9.17, 15) is 13.2 Å². The van der Waals surface area contributed by atoms with Crippen LogP contribution in [-0.2, 0) is 23.8 Å². The molecule has 1 unspecified atom stereocenters. The summed E-state index contributed by atoms with van der Waals surface area (Å²) in [6, 6.07) is 2.51. The van der Waals surface area contributed by atoms with Gasteiger partial charge in [-0.15, -0.1) is 0 Å². The number of ether oxygens (including phenoxy) is 1. The Morgan fingerprint density at radius 1 is 1.16 bits per heavy atom. The Labute approximate surface area is 163 Å². The first-order chi connectivity index (χ1) is 11.5. The second kappa shape index (κ2) is 8.91. The van der Waals surface area contributed by atoms with E-state index in [0.717, 1.165) is 0 Å². The first kappa shape index (κ1) is 22.5. The SMILES string of the molecule is CCC(C)(CC)C(=O)OCC(C)OS(=O)(=O)c1c(Cl)cc(Cl)cc1Cl. The number of carbonyl (C=O) groups excluding carboxylic acids is 1. The zero-order valence-corrected chi connectivity index (χ0v) is 17.5. The second-order valence-electron chi connectivity index (χ2n) is 5.93. The molecular formula is C16H21Cl3O5S. The quantitative estimate of drug-likeness (QED) is 0.422. The number of rotatable bonds is 8. The van der Waals surface area contributed by atoms with Gasteiger partial charge in [-0.25, -0.2) is 0 Å². The maximum Gasteiger partial charge on any atom is 0.311 e. The molecule has 0 saturated heterocycles. The lowest BCUT2D eigenvalue weighted by Gasteiger charge is -2.25. The van der Waals surface area contributed by atoms with E-state index in [1.54, 1.807) is 6.92 Å². The molecule has 25 heavy (non-hydrogen) atoms. The van der Waals surface area contributed by atoms with Crippen molar-refractivity contribution in [3.05, 3.63) is 27.2 Å². The van der Waals surface area contributed by atoms with Crippen LogP contribution >= 0.6 is 34.8 Å². The van der Waals surface area contributed by atoms with Gasteiger partial charge >= 0.3 is 5.97 Å². The second-order valence-corrected chi connectivity index (χ2v) is 8.69. The Bertz CT molecular complexity index is 706. The predicted molar refractivity (Wildman–Crippen MR) is 98.9 cm³/mol. The van der Waals surface area contributed by atoms with Gasteiger partial charge < -0.3 is 4.74 Å². The van der Waals surface area contributed by atoms with Crippen molar-refractivity contribution in [2.75, 3.05) is 6.61 Å². The van der Waals surface area contributed by atoms with Crippen LogP contribution in [0.15, 0.2) is 17.0 Å². The average Bonchev–Trinajstić information content (AvgIpc) is 2.49. The number of benzene rings is 1. The van der Waals surface area contributed by atoms with Gasteiger partial charge in [0.15, 0.2) is 0 Å². The van der Waals surface area contributed by atoms with E-state index in [1.807, 2.05) is 13.8 Å². The minimum atomic E-state index is -4.25. The first-order valence-corrected chi connectivity index (χ1v) is 10.3. The molecule has 0 amide bonds. The van der Waals surface area contributed by atoms with Crippen LogP contribution < -0.4 is 0 Å². The summed E-state index contributed by atoms with van der Waals surface area (Å²) in [5.41, 5.74) is -0.610. The van der Waals surface area contributed by atoms with Crippen molar-refractivity contribution in [3.63, 3.8) is 0 Å². The fourth-order valence-electron chi connectivity index (χ4n) is 1.97. The molecule has 0 radical (unpaired) electrons. The van der Waals surface area contributed by atoms with Crippen LogP contribution in [-0.4, -0.2) is 27.1 Å². The van der Waals surface area contributed by atoms with Gasteiger partial charge in [0.2, 0.25) is 0 Å². The van der Waals surface area contributed by atoms with E-state index in [1.165, 1.54) is 19.1 Å². The lowest BCUT2D eigenvalue weighted by atomic mass is 9.85. The van der Waals surface area contributed by atoms with E-state index in [4.69, 9.17) is 43.7 Å². The highest BCUT2D eigenvalue weighted by atomic mass is 35.5. The largest absolute Gasteiger partial charge is 0.462 e. The van der Waals surface area contributed by atoms with Crippen LogP contribution in [0.25, 0.3) is 0 Å². The number of carbonyl (C=O) groups is 1. The Morgan fingerprint density at radius 2 is 1.64 bits per heavy atom. The van der Waals surface area contributed by atoms with E-state index in [0.29, 0.717) is 12.8 Å². The standard InChI is InChI=1S/C16H21Cl3O5S/c1-5-16(4,6-2)15(20)23-9-10(3)24-25(21,22)14-12(18)7-11(17)8-13(14)19/h7-8,10H,5-6,9H2,1-4H3. The molecule has 0 N–H and O–H groups in total. The Kier molecular flexibility index (Phi) is 8.02. The normalized spacial score (nSPS) is 13.6. The Balaban J connectivity index is 2.83. The fraction of sp³-hybridized carbons (Fsp3) is 0.562. The van der Waals surface area contributed by atoms with Crippen LogP contribution in [0.2, 0.25) is 15.1 Å². The molecule has 1 rings (SSSR count). The molecule has 0 spiro atoms. The molecule has 1 atom stereocenters. The zero-order valence-electron chi connectivity index (χ0n) is 14.4. The summed E-state index contributed by atoms with van der Waals surface area (Å²) in [6.45, 7) is 6.83. The smallest absolute Gasteiger partial charge is 0.311 e. The summed E-state index contributed by atoms with van der Waals surface area (Å²) in [7, 11) is -4.25. The minimum Gasteiger partial charge on any atom is -0.462 e. The highest BCUT2D eigenvalue weighted by molar-refractivity contribution is 7.87. The molecule has 142 valence electrons. The predicted octanol–water partition coefficient (Wildman–Crippen LogP) is 5.11. The molecule has 1 aromatic carbocycles. The van der Waals surface area contributed by atoms with Crippen molar-refractivity contribution in [2.45, 2.75) is 51.5 Å². The lowest BCUT2D eigenvalue weighted by Crippen LogP contribution is -2.31. The molecule has 9 heteroatoms. The zero-order chi connectivity index (χ0) is 19.4. The minimum absolute atomic E-state index is 0.147. The molecule has 0 bridgehead atoms. The van der Waals surface area contributed by atoms with Crippen LogP contribution in [0.5, 0.6) is 0 Å². The third-order valence-corrected chi connectivity index (χ3v) is 6.57. The molecule has 0 fully saturated rings. The highest BCUT2D eigenvalue weighted by Crippen LogP contribution is 2.34. The van der Waals surface area contributed by atoms with E-state index < -0.39 is 27.6 Å². The average molecular weight is 432 g/mol. The summed E-state index contributed by atoms with van der Waals surface area (Å²) >= 11 is 17.6. The maximum atomic E-state index is 12.4. The molecular weight excluding hydrogens is 411 g/mol. The van der Waals surface area contributed by atoms with Crippen LogP contribution in [0.1, 0.15) is 40.5 Å². The molecule has 0 aromatic heterocycles. The number of esters is 1. The van der Waals surface area contributed by atoms with Gasteiger partial charge in [0.25, 0.3) is 10.1 Å². The summed E-state index contributed by atoms with van der Waals surface area (Å²) in [4.78, 5) is 11.8. The van der Waals surface area contributed by atoms with Gasteiger partial charge in [0.1, 0.15) is 17.6 Å². The third-order valence-electron chi connectivity index (χ3n) is 4.01. The van der Waals surface area contributed by atoms with E-state index in [-0.39, 0.29) is 26.6 Å². The van der Waals surface area contributed by atoms with Crippen molar-refractivity contribution in [1.29, 1.82) is 0 Å². The monoisotopic (exact) mass is 430 g/mol. The van der Waals surface area contributed by atoms with Gasteiger partial charge in [-0.05, 0) is 38.8 Å². The van der Waals surface area contributed by atoms with Crippen molar-refractivity contribution in [3.8, 4) is 0 Å². The molecule has 0 aliphatic heterocycles. The van der Waals surface area contributed by atoms with Gasteiger partial charge in [-0.1, -0.05) is 48.7 Å². The van der Waals surface area contributed by atoms with Gasteiger partial charge in [0, 0.05) is 5.02 Å². The molecule has 0 heterocycles. The van der Waals surface area contributed by atoms with Gasteiger partial charge in [-0.3, -0.25) is 8.98 Å². The summed E-state index contributed by atoms with van der Waals surface area (Å²) in [5, 5.41) is -0.0909. The van der Waals surface area contributed by atoms with Crippen molar-refractivity contribution >= 4 is 50.9 Å². The van der Waals surface area contributed by atoms with Crippen LogP contribution in [0.4, 0.5) is 0 Å². The van der Waals surface area contributed by atoms with Gasteiger partial charge in [-0.2, -0.15) is 8.42 Å². The highest BCUT2D eigenvalue weighted by Gasteiger charge is 2.32. The Morgan fingerprint density at radius 3 is 2.08 bits per heavy atom. The lowest BCUT2D eigenvalue weighted by molar-refractivity contribution is -0.157. The fourth-order valence-corrected chi connectivity index (χ4v) is 4.53. The molecule has 5 nitrogen and oxygen atoms in total. The molecule has 0 aliphatic carbocycles. The van der Waals surface area contributed by atoms with Gasteiger partial charge in [0.05, 0.1) is 15.5 Å². The Hall–Kier alpha value is -0.530. The first-order valence-electron chi connectivity index (χ1n) is 7.72. The molecule has 0 saturated carbocycles. The maximum absolute atomic E-state index is 12.4. The molecule has 1 aromatic rings. The number of hydrogen-bond acceptors (Lipinski definition) is 5. The van der Waals surface area contributed by atoms with Crippen molar-refractivity contribution < 1.29 is 22.1 Å². The van der Waals surface area contributed by atoms with Crippen LogP contribution in [0.3, 0.4) is 0 Å². The van der Waals surface area contributed by atoms with E-state index in [2.05, 4.69) is 0 Å². The summed E-state index contributed by atoms with van der Waals surface area (Å²) in [6.07, 6.45) is 0.326. The summed E-state index contributed by atoms with van der Waals surface area (Å²) < 4.78 is 35.0. The molecule has 0 aliphatic rings. The third kappa shape index (κ3) is 5.73.